The Morgan fingerprint density at radius 1 is 1.04 bits per heavy atom. The van der Waals surface area contributed by atoms with E-state index in [0.29, 0.717) is 29.2 Å². The molecule has 5 heteroatoms. The predicted octanol–water partition coefficient (Wildman–Crippen LogP) is 2.75. The van der Waals surface area contributed by atoms with E-state index in [0.717, 1.165) is 16.3 Å². The van der Waals surface area contributed by atoms with Crippen LogP contribution in [-0.4, -0.2) is 37.8 Å². The van der Waals surface area contributed by atoms with E-state index in [-0.39, 0.29) is 12.2 Å². The Bertz CT molecular complexity index is 792. The largest absolute Gasteiger partial charge is 0.497 e. The van der Waals surface area contributed by atoms with Gasteiger partial charge in [0.25, 0.3) is 0 Å². The van der Waals surface area contributed by atoms with Gasteiger partial charge in [-0.1, -0.05) is 0 Å². The summed E-state index contributed by atoms with van der Waals surface area (Å²) in [5.41, 5.74) is 0.284. The number of carbonyl (C=O) groups excluding carboxylic acids is 1. The molecule has 0 amide bonds. The van der Waals surface area contributed by atoms with Gasteiger partial charge in [0, 0.05) is 18.9 Å². The van der Waals surface area contributed by atoms with Crippen LogP contribution >= 0.6 is 0 Å². The van der Waals surface area contributed by atoms with Crippen molar-refractivity contribution in [3.05, 3.63) is 29.3 Å². The lowest BCUT2D eigenvalue weighted by Crippen LogP contribution is -2.35. The summed E-state index contributed by atoms with van der Waals surface area (Å²) < 4.78 is 16.3. The quantitative estimate of drug-likeness (QED) is 0.943. The smallest absolute Gasteiger partial charge is 0.169 e. The Hall–Kier alpha value is -2.27. The molecule has 0 bridgehead atoms. The van der Waals surface area contributed by atoms with E-state index in [2.05, 4.69) is 0 Å². The first-order valence-electron chi connectivity index (χ1n) is 7.41. The Kier molecular flexibility index (Phi) is 3.68. The molecule has 1 aliphatic rings. The molecule has 1 unspecified atom stereocenters. The molecule has 2 aromatic carbocycles. The minimum Gasteiger partial charge on any atom is -0.497 e. The molecule has 0 fully saturated rings. The Morgan fingerprint density at radius 3 is 2.39 bits per heavy atom. The molecule has 0 saturated carbocycles. The standard InChI is InChI=1S/C18H20O5/c1-18(20)8-11-5-10-6-12(21-2)7-14(22-3)16(10)17(23-4)15(11)13(19)9-18/h5-7,20H,8-9H2,1-4H3. The maximum absolute atomic E-state index is 12.5. The molecule has 1 aliphatic carbocycles. The highest BCUT2D eigenvalue weighted by molar-refractivity contribution is 6.09. The second-order valence-electron chi connectivity index (χ2n) is 6.15. The molecule has 0 spiro atoms. The van der Waals surface area contributed by atoms with Crippen LogP contribution in [-0.2, 0) is 6.42 Å². The number of hydrogen-bond donors (Lipinski definition) is 1. The summed E-state index contributed by atoms with van der Waals surface area (Å²) in [6, 6.07) is 5.54. The molecular weight excluding hydrogens is 296 g/mol. The molecule has 1 N–H and O–H groups in total. The van der Waals surface area contributed by atoms with E-state index in [4.69, 9.17) is 14.2 Å². The highest BCUT2D eigenvalue weighted by Gasteiger charge is 2.36. The van der Waals surface area contributed by atoms with Crippen LogP contribution in [0.15, 0.2) is 18.2 Å². The normalized spacial score (nSPS) is 20.3. The highest BCUT2D eigenvalue weighted by Crippen LogP contribution is 2.44. The van der Waals surface area contributed by atoms with Gasteiger partial charge in [0.15, 0.2) is 5.78 Å². The molecule has 3 rings (SSSR count). The first-order valence-corrected chi connectivity index (χ1v) is 7.41. The van der Waals surface area contributed by atoms with Crippen molar-refractivity contribution in [2.75, 3.05) is 21.3 Å². The fraction of sp³-hybridized carbons (Fsp3) is 0.389. The van der Waals surface area contributed by atoms with Crippen molar-refractivity contribution in [3.63, 3.8) is 0 Å². The molecule has 2 aromatic rings. The lowest BCUT2D eigenvalue weighted by atomic mass is 9.79. The molecule has 0 aliphatic heterocycles. The van der Waals surface area contributed by atoms with Crippen LogP contribution in [0.4, 0.5) is 0 Å². The fourth-order valence-electron chi connectivity index (χ4n) is 3.33. The third kappa shape index (κ3) is 2.51. The second-order valence-corrected chi connectivity index (χ2v) is 6.15. The van der Waals surface area contributed by atoms with Gasteiger partial charge in [0.05, 0.1) is 37.9 Å². The summed E-state index contributed by atoms with van der Waals surface area (Å²) in [5, 5.41) is 11.9. The van der Waals surface area contributed by atoms with Crippen LogP contribution in [0, 0.1) is 0 Å². The molecule has 0 aromatic heterocycles. The summed E-state index contributed by atoms with van der Waals surface area (Å²) in [5.74, 6) is 1.62. The van der Waals surface area contributed by atoms with E-state index >= 15 is 0 Å². The fourth-order valence-corrected chi connectivity index (χ4v) is 3.33. The minimum atomic E-state index is -1.04. The van der Waals surface area contributed by atoms with Crippen molar-refractivity contribution in [3.8, 4) is 17.2 Å². The van der Waals surface area contributed by atoms with Gasteiger partial charge < -0.3 is 19.3 Å². The van der Waals surface area contributed by atoms with Crippen molar-refractivity contribution in [1.29, 1.82) is 0 Å². The van der Waals surface area contributed by atoms with Crippen molar-refractivity contribution >= 4 is 16.6 Å². The molecule has 122 valence electrons. The predicted molar refractivity (Wildman–Crippen MR) is 86.9 cm³/mol. The van der Waals surface area contributed by atoms with Crippen molar-refractivity contribution in [2.45, 2.75) is 25.4 Å². The van der Waals surface area contributed by atoms with Crippen LogP contribution in [0.1, 0.15) is 29.3 Å². The van der Waals surface area contributed by atoms with Gasteiger partial charge in [-0.15, -0.1) is 0 Å². The van der Waals surface area contributed by atoms with Gasteiger partial charge in [0.1, 0.15) is 17.2 Å². The SMILES string of the molecule is COc1cc(OC)c2c(OC)c3c(cc2c1)CC(C)(O)CC3=O. The number of carbonyl (C=O) groups is 1. The van der Waals surface area contributed by atoms with Crippen LogP contribution in [0.5, 0.6) is 17.2 Å². The number of Topliss-reactive ketones (excluding diaryl/α,β-unsaturated/α-hetero) is 1. The van der Waals surface area contributed by atoms with Crippen molar-refractivity contribution < 1.29 is 24.1 Å². The topological polar surface area (TPSA) is 65.0 Å². The Morgan fingerprint density at radius 2 is 1.78 bits per heavy atom. The van der Waals surface area contributed by atoms with E-state index in [9.17, 15) is 9.90 Å². The van der Waals surface area contributed by atoms with Gasteiger partial charge in [-0.05, 0) is 30.0 Å². The monoisotopic (exact) mass is 316 g/mol. The van der Waals surface area contributed by atoms with Crippen LogP contribution in [0.25, 0.3) is 10.8 Å². The van der Waals surface area contributed by atoms with Gasteiger partial charge >= 0.3 is 0 Å². The number of ketones is 1. The van der Waals surface area contributed by atoms with Crippen LogP contribution in [0.2, 0.25) is 0 Å². The first-order chi connectivity index (χ1) is 10.9. The molecule has 0 heterocycles. The van der Waals surface area contributed by atoms with E-state index in [1.165, 1.54) is 0 Å². The van der Waals surface area contributed by atoms with E-state index in [1.54, 1.807) is 34.3 Å². The number of rotatable bonds is 3. The molecular formula is C18H20O5. The second kappa shape index (κ2) is 5.42. The molecule has 0 radical (unpaired) electrons. The van der Waals surface area contributed by atoms with E-state index in [1.807, 2.05) is 12.1 Å². The average molecular weight is 316 g/mol. The number of fused-ring (bicyclic) bond motifs is 2. The van der Waals surface area contributed by atoms with Gasteiger partial charge in [-0.3, -0.25) is 4.79 Å². The summed E-state index contributed by atoms with van der Waals surface area (Å²) >= 11 is 0. The third-order valence-corrected chi connectivity index (χ3v) is 4.26. The summed E-state index contributed by atoms with van der Waals surface area (Å²) in [6.07, 6.45) is 0.486. The molecule has 0 saturated heterocycles. The zero-order valence-corrected chi connectivity index (χ0v) is 13.7. The van der Waals surface area contributed by atoms with Crippen molar-refractivity contribution in [2.24, 2.45) is 0 Å². The number of methoxy groups -OCH3 is 3. The maximum atomic E-state index is 12.5. The zero-order chi connectivity index (χ0) is 16.8. The summed E-state index contributed by atoms with van der Waals surface area (Å²) in [4.78, 5) is 12.5. The summed E-state index contributed by atoms with van der Waals surface area (Å²) in [7, 11) is 4.70. The van der Waals surface area contributed by atoms with Gasteiger partial charge in [0.2, 0.25) is 0 Å². The van der Waals surface area contributed by atoms with Crippen LogP contribution < -0.4 is 14.2 Å². The number of aliphatic hydroxyl groups is 1. The third-order valence-electron chi connectivity index (χ3n) is 4.26. The van der Waals surface area contributed by atoms with Crippen LogP contribution in [0.3, 0.4) is 0 Å². The molecule has 1 atom stereocenters. The number of hydrogen-bond acceptors (Lipinski definition) is 5. The highest BCUT2D eigenvalue weighted by atomic mass is 16.5. The molecule has 5 nitrogen and oxygen atoms in total. The Labute approximate surface area is 134 Å². The zero-order valence-electron chi connectivity index (χ0n) is 13.7. The average Bonchev–Trinajstić information content (AvgIpc) is 2.50. The lowest BCUT2D eigenvalue weighted by Gasteiger charge is -2.30. The minimum absolute atomic E-state index is 0.0837. The first kappa shape index (κ1) is 15.6. The van der Waals surface area contributed by atoms with Crippen molar-refractivity contribution in [1.82, 2.24) is 0 Å². The Balaban J connectivity index is 2.39. The summed E-state index contributed by atoms with van der Waals surface area (Å²) in [6.45, 7) is 1.68. The molecule has 23 heavy (non-hydrogen) atoms. The van der Waals surface area contributed by atoms with Gasteiger partial charge in [-0.2, -0.15) is 0 Å². The number of ether oxygens (including phenoxy) is 3. The van der Waals surface area contributed by atoms with E-state index < -0.39 is 5.60 Å². The maximum Gasteiger partial charge on any atom is 0.169 e. The van der Waals surface area contributed by atoms with Gasteiger partial charge in [-0.25, -0.2) is 0 Å². The lowest BCUT2D eigenvalue weighted by molar-refractivity contribution is 0.0409. The number of benzene rings is 2.